The average Bonchev–Trinajstić information content (AvgIpc) is 3.13. The zero-order chi connectivity index (χ0) is 17.8. The molecule has 1 fully saturated rings. The lowest BCUT2D eigenvalue weighted by Crippen LogP contribution is -2.43. The van der Waals surface area contributed by atoms with E-state index < -0.39 is 0 Å². The van der Waals surface area contributed by atoms with Crippen LogP contribution in [0.1, 0.15) is 11.3 Å². The van der Waals surface area contributed by atoms with Crippen LogP contribution in [0.5, 0.6) is 0 Å². The first-order valence-electron chi connectivity index (χ1n) is 8.93. The molecule has 134 valence electrons. The molecule has 0 aliphatic carbocycles. The SMILES string of the molecule is Fc1ccc(C[C@H]2CN(Cc3cccn3-c3ccncc3)CCO2)cc1. The van der Waals surface area contributed by atoms with Crippen LogP contribution in [-0.4, -0.2) is 40.3 Å². The van der Waals surface area contributed by atoms with Crippen LogP contribution < -0.4 is 0 Å². The number of ether oxygens (including phenoxy) is 1. The maximum Gasteiger partial charge on any atom is 0.123 e. The second-order valence-electron chi connectivity index (χ2n) is 6.63. The fourth-order valence-corrected chi connectivity index (χ4v) is 3.46. The fraction of sp³-hybridized carbons (Fsp3) is 0.286. The molecule has 1 atom stereocenters. The third-order valence-corrected chi connectivity index (χ3v) is 4.76. The molecule has 3 aromatic rings. The van der Waals surface area contributed by atoms with Crippen molar-refractivity contribution in [2.24, 2.45) is 0 Å². The van der Waals surface area contributed by atoms with Crippen molar-refractivity contribution in [2.45, 2.75) is 19.1 Å². The Kier molecular flexibility index (Phi) is 5.09. The normalized spacial score (nSPS) is 18.1. The summed E-state index contributed by atoms with van der Waals surface area (Å²) in [4.78, 5) is 6.51. The third kappa shape index (κ3) is 4.00. The van der Waals surface area contributed by atoms with Gasteiger partial charge in [0.15, 0.2) is 0 Å². The molecule has 0 amide bonds. The van der Waals surface area contributed by atoms with Crippen LogP contribution in [-0.2, 0) is 17.7 Å². The highest BCUT2D eigenvalue weighted by Gasteiger charge is 2.21. The Bertz CT molecular complexity index is 832. The Balaban J connectivity index is 1.41. The molecule has 1 saturated heterocycles. The number of aromatic nitrogens is 2. The minimum Gasteiger partial charge on any atom is -0.375 e. The molecule has 4 nitrogen and oxygen atoms in total. The van der Waals surface area contributed by atoms with Gasteiger partial charge in [-0.3, -0.25) is 9.88 Å². The zero-order valence-electron chi connectivity index (χ0n) is 14.6. The van der Waals surface area contributed by atoms with E-state index in [1.54, 1.807) is 0 Å². The summed E-state index contributed by atoms with van der Waals surface area (Å²) in [7, 11) is 0. The number of benzene rings is 1. The van der Waals surface area contributed by atoms with Gasteiger partial charge in [0.2, 0.25) is 0 Å². The Morgan fingerprint density at radius 3 is 2.69 bits per heavy atom. The van der Waals surface area contributed by atoms with Crippen molar-refractivity contribution in [3.8, 4) is 5.69 Å². The molecule has 1 aromatic carbocycles. The van der Waals surface area contributed by atoms with E-state index in [9.17, 15) is 4.39 Å². The standard InChI is InChI=1S/C21H22FN3O/c22-18-5-3-17(4-6-18)14-21-16-24(12-13-26-21)15-20-2-1-11-25(20)19-7-9-23-10-8-19/h1-11,21H,12-16H2/t21-/m0/s1. The first kappa shape index (κ1) is 16.9. The number of rotatable bonds is 5. The summed E-state index contributed by atoms with van der Waals surface area (Å²) in [6, 6.07) is 15.0. The van der Waals surface area contributed by atoms with E-state index in [1.807, 2.05) is 36.7 Å². The van der Waals surface area contributed by atoms with Crippen molar-refractivity contribution in [3.63, 3.8) is 0 Å². The van der Waals surface area contributed by atoms with Crippen LogP contribution in [0.2, 0.25) is 0 Å². The van der Waals surface area contributed by atoms with Gasteiger partial charge in [-0.05, 0) is 48.4 Å². The number of halogens is 1. The number of nitrogens with zero attached hydrogens (tertiary/aromatic N) is 3. The molecule has 1 aliphatic rings. The van der Waals surface area contributed by atoms with Gasteiger partial charge in [-0.15, -0.1) is 0 Å². The van der Waals surface area contributed by atoms with Crippen molar-refractivity contribution in [3.05, 3.63) is 84.2 Å². The quantitative estimate of drug-likeness (QED) is 0.705. The molecule has 0 saturated carbocycles. The van der Waals surface area contributed by atoms with Crippen LogP contribution >= 0.6 is 0 Å². The topological polar surface area (TPSA) is 30.3 Å². The van der Waals surface area contributed by atoms with Gasteiger partial charge in [0.1, 0.15) is 5.82 Å². The first-order chi connectivity index (χ1) is 12.8. The first-order valence-corrected chi connectivity index (χ1v) is 8.93. The lowest BCUT2D eigenvalue weighted by molar-refractivity contribution is -0.0309. The third-order valence-electron chi connectivity index (χ3n) is 4.76. The highest BCUT2D eigenvalue weighted by molar-refractivity contribution is 5.32. The maximum atomic E-state index is 13.1. The number of hydrogen-bond donors (Lipinski definition) is 0. The lowest BCUT2D eigenvalue weighted by Gasteiger charge is -2.33. The molecular weight excluding hydrogens is 329 g/mol. The van der Waals surface area contributed by atoms with Crippen molar-refractivity contribution in [1.82, 2.24) is 14.5 Å². The van der Waals surface area contributed by atoms with E-state index >= 15 is 0 Å². The Labute approximate surface area is 152 Å². The van der Waals surface area contributed by atoms with E-state index in [1.165, 1.54) is 17.8 Å². The summed E-state index contributed by atoms with van der Waals surface area (Å²) in [5.41, 5.74) is 3.48. The number of pyridine rings is 1. The van der Waals surface area contributed by atoms with Gasteiger partial charge in [0.25, 0.3) is 0 Å². The smallest absolute Gasteiger partial charge is 0.123 e. The van der Waals surface area contributed by atoms with E-state index in [0.29, 0.717) is 0 Å². The van der Waals surface area contributed by atoms with Crippen LogP contribution in [0.4, 0.5) is 4.39 Å². The summed E-state index contributed by atoms with van der Waals surface area (Å²) < 4.78 is 21.2. The Hall–Kier alpha value is -2.50. The molecule has 26 heavy (non-hydrogen) atoms. The molecule has 3 heterocycles. The molecule has 2 aromatic heterocycles. The van der Waals surface area contributed by atoms with Gasteiger partial charge in [-0.2, -0.15) is 0 Å². The van der Waals surface area contributed by atoms with Crippen LogP contribution in [0.15, 0.2) is 67.1 Å². The van der Waals surface area contributed by atoms with Crippen LogP contribution in [0.25, 0.3) is 5.69 Å². The van der Waals surface area contributed by atoms with Gasteiger partial charge in [-0.25, -0.2) is 4.39 Å². The molecule has 0 bridgehead atoms. The van der Waals surface area contributed by atoms with E-state index in [-0.39, 0.29) is 11.9 Å². The van der Waals surface area contributed by atoms with Crippen molar-refractivity contribution in [2.75, 3.05) is 19.7 Å². The average molecular weight is 351 g/mol. The van der Waals surface area contributed by atoms with E-state index in [0.717, 1.165) is 43.9 Å². The zero-order valence-corrected chi connectivity index (χ0v) is 14.6. The highest BCUT2D eigenvalue weighted by atomic mass is 19.1. The maximum absolute atomic E-state index is 13.1. The van der Waals surface area contributed by atoms with Crippen molar-refractivity contribution in [1.29, 1.82) is 0 Å². The minimum absolute atomic E-state index is 0.138. The van der Waals surface area contributed by atoms with Gasteiger partial charge >= 0.3 is 0 Å². The Morgan fingerprint density at radius 1 is 1.08 bits per heavy atom. The van der Waals surface area contributed by atoms with Gasteiger partial charge in [-0.1, -0.05) is 12.1 Å². The fourth-order valence-electron chi connectivity index (χ4n) is 3.46. The second kappa shape index (κ2) is 7.81. The molecular formula is C21H22FN3O. The van der Waals surface area contributed by atoms with Gasteiger partial charge < -0.3 is 9.30 Å². The van der Waals surface area contributed by atoms with Gasteiger partial charge in [0.05, 0.1) is 12.7 Å². The Morgan fingerprint density at radius 2 is 1.88 bits per heavy atom. The molecule has 0 radical (unpaired) electrons. The molecule has 0 unspecified atom stereocenters. The van der Waals surface area contributed by atoms with Crippen molar-refractivity contribution >= 4 is 0 Å². The number of morpholine rings is 1. The predicted octanol–water partition coefficient (Wildman–Crippen LogP) is 3.45. The number of hydrogen-bond acceptors (Lipinski definition) is 3. The van der Waals surface area contributed by atoms with Gasteiger partial charge in [0, 0.05) is 49.6 Å². The summed E-state index contributed by atoms with van der Waals surface area (Å²) in [6.07, 6.45) is 6.65. The lowest BCUT2D eigenvalue weighted by atomic mass is 10.1. The largest absolute Gasteiger partial charge is 0.375 e. The van der Waals surface area contributed by atoms with Crippen molar-refractivity contribution < 1.29 is 9.13 Å². The van der Waals surface area contributed by atoms with E-state index in [4.69, 9.17) is 4.74 Å². The molecule has 0 N–H and O–H groups in total. The highest BCUT2D eigenvalue weighted by Crippen LogP contribution is 2.17. The monoisotopic (exact) mass is 351 g/mol. The summed E-state index contributed by atoms with van der Waals surface area (Å²) >= 11 is 0. The summed E-state index contributed by atoms with van der Waals surface area (Å²) in [5.74, 6) is -0.197. The summed E-state index contributed by atoms with van der Waals surface area (Å²) in [6.45, 7) is 3.39. The van der Waals surface area contributed by atoms with Crippen LogP contribution in [0.3, 0.4) is 0 Å². The second-order valence-corrected chi connectivity index (χ2v) is 6.63. The predicted molar refractivity (Wildman–Crippen MR) is 98.7 cm³/mol. The molecule has 1 aliphatic heterocycles. The summed E-state index contributed by atoms with van der Waals surface area (Å²) in [5, 5.41) is 0. The minimum atomic E-state index is -0.197. The van der Waals surface area contributed by atoms with Crippen LogP contribution in [0, 0.1) is 5.82 Å². The van der Waals surface area contributed by atoms with E-state index in [2.05, 4.69) is 32.8 Å². The molecule has 0 spiro atoms. The molecule has 4 rings (SSSR count). The molecule has 5 heteroatoms.